The number of aromatic amines is 2. The first-order valence-electron chi connectivity index (χ1n) is 14.4. The topological polar surface area (TPSA) is 102 Å². The number of para-hydroxylation sites is 1. The third-order valence-corrected chi connectivity index (χ3v) is 8.82. The Bertz CT molecular complexity index is 1690. The van der Waals surface area contributed by atoms with Crippen LogP contribution in [0.2, 0.25) is 5.02 Å². The first-order chi connectivity index (χ1) is 19.6. The van der Waals surface area contributed by atoms with Gasteiger partial charge in [-0.25, -0.2) is 0 Å². The smallest absolute Gasteiger partial charge is 0.251 e. The van der Waals surface area contributed by atoms with Crippen LogP contribution in [0.4, 0.5) is 0 Å². The highest BCUT2D eigenvalue weighted by Crippen LogP contribution is 2.36. The van der Waals surface area contributed by atoms with Crippen LogP contribution in [0.15, 0.2) is 47.4 Å². The fourth-order valence-electron chi connectivity index (χ4n) is 6.54. The van der Waals surface area contributed by atoms with Gasteiger partial charge in [-0.15, -0.1) is 0 Å². The molecule has 1 unspecified atom stereocenters. The van der Waals surface area contributed by atoms with Crippen molar-refractivity contribution >= 4 is 45.2 Å². The molecule has 4 heterocycles. The second-order valence-corrected chi connectivity index (χ2v) is 13.2. The number of amides is 2. The van der Waals surface area contributed by atoms with Crippen molar-refractivity contribution in [2.75, 3.05) is 19.6 Å². The molecule has 9 heteroatoms. The molecule has 1 saturated heterocycles. The lowest BCUT2D eigenvalue weighted by Gasteiger charge is -2.34. The quantitative estimate of drug-likeness (QED) is 0.341. The lowest BCUT2D eigenvalue weighted by Crippen LogP contribution is -2.43. The Balaban J connectivity index is 1.20. The molecule has 1 atom stereocenters. The van der Waals surface area contributed by atoms with E-state index in [1.54, 1.807) is 6.20 Å². The van der Waals surface area contributed by atoms with Gasteiger partial charge in [0.1, 0.15) is 0 Å². The molecule has 0 bridgehead atoms. The molecule has 2 amide bonds. The number of nitrogens with zero attached hydrogens (tertiary/aromatic N) is 3. The summed E-state index contributed by atoms with van der Waals surface area (Å²) in [5, 5.41) is 9.69. The molecule has 0 radical (unpaired) electrons. The summed E-state index contributed by atoms with van der Waals surface area (Å²) in [6.45, 7) is 8.55. The zero-order valence-electron chi connectivity index (χ0n) is 23.8. The standard InChI is InChI=1S/C32H36ClN5O3/c1-32(2,3)18-38-17-25-21(14-26(33)29-24(25)16-34-36-29)12-22(31(38)41)15-28(39)37-10-8-19(9-11-37)23-13-20-6-4-5-7-27(20)35-30(23)40/h4-7,13-14,16,19,22H,8-12,15,17-18H2,1-3H3,(H,34,36)(H,35,40). The highest BCUT2D eigenvalue weighted by atomic mass is 35.5. The summed E-state index contributed by atoms with van der Waals surface area (Å²) in [6.07, 6.45) is 3.83. The van der Waals surface area contributed by atoms with E-state index in [-0.39, 0.29) is 35.1 Å². The molecule has 2 N–H and O–H groups in total. The van der Waals surface area contributed by atoms with E-state index in [1.165, 1.54) is 0 Å². The second kappa shape index (κ2) is 10.6. The maximum absolute atomic E-state index is 13.9. The first kappa shape index (κ1) is 27.5. The third kappa shape index (κ3) is 5.49. The summed E-state index contributed by atoms with van der Waals surface area (Å²) in [5.41, 5.74) is 4.29. The van der Waals surface area contributed by atoms with E-state index in [4.69, 9.17) is 11.6 Å². The van der Waals surface area contributed by atoms with Crippen molar-refractivity contribution in [1.82, 2.24) is 25.0 Å². The molecule has 2 aliphatic heterocycles. The van der Waals surface area contributed by atoms with E-state index < -0.39 is 5.92 Å². The van der Waals surface area contributed by atoms with Crippen LogP contribution in [0.25, 0.3) is 21.8 Å². The maximum Gasteiger partial charge on any atom is 0.251 e. The molecule has 6 rings (SSSR count). The van der Waals surface area contributed by atoms with Crippen molar-refractivity contribution < 1.29 is 9.59 Å². The number of piperidine rings is 1. The number of H-pyrrole nitrogens is 2. The highest BCUT2D eigenvalue weighted by molar-refractivity contribution is 6.35. The Morgan fingerprint density at radius 1 is 1.12 bits per heavy atom. The van der Waals surface area contributed by atoms with Gasteiger partial charge in [0.2, 0.25) is 11.8 Å². The molecule has 0 spiro atoms. The Morgan fingerprint density at radius 2 is 1.88 bits per heavy atom. The van der Waals surface area contributed by atoms with Crippen LogP contribution >= 0.6 is 11.6 Å². The van der Waals surface area contributed by atoms with E-state index in [9.17, 15) is 14.4 Å². The largest absolute Gasteiger partial charge is 0.343 e. The van der Waals surface area contributed by atoms with E-state index in [0.717, 1.165) is 51.3 Å². The average molecular weight is 574 g/mol. The molecule has 214 valence electrons. The van der Waals surface area contributed by atoms with Crippen molar-refractivity contribution in [1.29, 1.82) is 0 Å². The fraction of sp³-hybridized carbons (Fsp3) is 0.438. The summed E-state index contributed by atoms with van der Waals surface area (Å²) in [5.74, 6) is -0.369. The number of hydrogen-bond acceptors (Lipinski definition) is 4. The van der Waals surface area contributed by atoms with E-state index in [2.05, 4.69) is 36.0 Å². The zero-order chi connectivity index (χ0) is 28.9. The Labute approximate surface area is 244 Å². The van der Waals surface area contributed by atoms with Crippen LogP contribution in [0, 0.1) is 11.3 Å². The molecule has 1 fully saturated rings. The van der Waals surface area contributed by atoms with Gasteiger partial charge < -0.3 is 14.8 Å². The van der Waals surface area contributed by atoms with E-state index in [0.29, 0.717) is 37.6 Å². The Morgan fingerprint density at radius 3 is 2.63 bits per heavy atom. The van der Waals surface area contributed by atoms with Crippen LogP contribution in [0.5, 0.6) is 0 Å². The summed E-state index contributed by atoms with van der Waals surface area (Å²) in [7, 11) is 0. The average Bonchev–Trinajstić information content (AvgIpc) is 3.39. The number of rotatable bonds is 4. The fourth-order valence-corrected chi connectivity index (χ4v) is 6.82. The number of benzene rings is 2. The number of nitrogens with one attached hydrogen (secondary N) is 2. The summed E-state index contributed by atoms with van der Waals surface area (Å²) in [4.78, 5) is 47.1. The van der Waals surface area contributed by atoms with Crippen LogP contribution in [-0.2, 0) is 22.6 Å². The number of hydrogen-bond donors (Lipinski definition) is 2. The van der Waals surface area contributed by atoms with Crippen molar-refractivity contribution in [2.24, 2.45) is 11.3 Å². The van der Waals surface area contributed by atoms with E-state index in [1.807, 2.05) is 46.2 Å². The molecular formula is C32H36ClN5O3. The van der Waals surface area contributed by atoms with Crippen LogP contribution < -0.4 is 5.56 Å². The first-order valence-corrected chi connectivity index (χ1v) is 14.8. The van der Waals surface area contributed by atoms with Crippen molar-refractivity contribution in [3.05, 3.63) is 74.7 Å². The van der Waals surface area contributed by atoms with Crippen molar-refractivity contribution in [3.8, 4) is 0 Å². The van der Waals surface area contributed by atoms with Crippen molar-refractivity contribution in [2.45, 2.75) is 58.9 Å². The molecule has 8 nitrogen and oxygen atoms in total. The number of carbonyl (C=O) groups is 2. The van der Waals surface area contributed by atoms with Gasteiger partial charge in [-0.1, -0.05) is 50.6 Å². The van der Waals surface area contributed by atoms with Crippen LogP contribution in [0.3, 0.4) is 0 Å². The molecule has 2 aliphatic rings. The van der Waals surface area contributed by atoms with Gasteiger partial charge in [0, 0.05) is 49.1 Å². The Kier molecular flexibility index (Phi) is 7.14. The lowest BCUT2D eigenvalue weighted by molar-refractivity contribution is -0.142. The molecular weight excluding hydrogens is 538 g/mol. The molecule has 0 saturated carbocycles. The second-order valence-electron chi connectivity index (χ2n) is 12.8. The van der Waals surface area contributed by atoms with Gasteiger partial charge in [0.15, 0.2) is 0 Å². The van der Waals surface area contributed by atoms with Gasteiger partial charge in [0.05, 0.1) is 22.7 Å². The summed E-state index contributed by atoms with van der Waals surface area (Å²) in [6, 6.07) is 11.7. The van der Waals surface area contributed by atoms with Crippen LogP contribution in [0.1, 0.15) is 62.6 Å². The van der Waals surface area contributed by atoms with Gasteiger partial charge in [-0.05, 0) is 65.3 Å². The minimum atomic E-state index is -0.465. The van der Waals surface area contributed by atoms with Gasteiger partial charge in [-0.2, -0.15) is 5.10 Å². The summed E-state index contributed by atoms with van der Waals surface area (Å²) < 4.78 is 0. The number of fused-ring (bicyclic) bond motifs is 4. The number of carbonyl (C=O) groups excluding carboxylic acids is 2. The third-order valence-electron chi connectivity index (χ3n) is 8.52. The predicted molar refractivity (Wildman–Crippen MR) is 161 cm³/mol. The SMILES string of the molecule is CC(C)(C)CN1Cc2c(cc(Cl)c3[nH]ncc23)CC(CC(=O)N2CCC(c3cc4ccccc4[nH]c3=O)CC2)C1=O. The minimum absolute atomic E-state index is 0.00910. The predicted octanol–water partition coefficient (Wildman–Crippen LogP) is 5.40. The zero-order valence-corrected chi connectivity index (χ0v) is 24.6. The Hall–Kier alpha value is -3.65. The van der Waals surface area contributed by atoms with Gasteiger partial charge in [0.25, 0.3) is 5.56 Å². The molecule has 41 heavy (non-hydrogen) atoms. The van der Waals surface area contributed by atoms with E-state index >= 15 is 0 Å². The number of halogens is 1. The van der Waals surface area contributed by atoms with Gasteiger partial charge in [-0.3, -0.25) is 19.5 Å². The molecule has 4 aromatic rings. The normalized spacial score (nSPS) is 18.6. The molecule has 0 aliphatic carbocycles. The summed E-state index contributed by atoms with van der Waals surface area (Å²) >= 11 is 6.58. The molecule has 2 aromatic heterocycles. The highest BCUT2D eigenvalue weighted by Gasteiger charge is 2.36. The van der Waals surface area contributed by atoms with Crippen molar-refractivity contribution in [3.63, 3.8) is 0 Å². The lowest BCUT2D eigenvalue weighted by atomic mass is 9.88. The number of aromatic nitrogens is 3. The number of likely N-dealkylation sites (tertiary alicyclic amines) is 1. The maximum atomic E-state index is 13.9. The monoisotopic (exact) mass is 573 g/mol. The minimum Gasteiger partial charge on any atom is -0.343 e. The molecule has 2 aromatic carbocycles. The van der Waals surface area contributed by atoms with Gasteiger partial charge >= 0.3 is 0 Å². The number of pyridine rings is 1. The van der Waals surface area contributed by atoms with Crippen LogP contribution in [-0.4, -0.2) is 56.4 Å².